The Labute approximate surface area is 130 Å². The summed E-state index contributed by atoms with van der Waals surface area (Å²) in [4.78, 5) is 31.2. The third-order valence-corrected chi connectivity index (χ3v) is 4.05. The van der Waals surface area contributed by atoms with Crippen molar-refractivity contribution in [3.05, 3.63) is 24.0 Å². The monoisotopic (exact) mass is 305 g/mol. The van der Waals surface area contributed by atoms with Gasteiger partial charge in [0.25, 0.3) is 5.91 Å². The second kappa shape index (κ2) is 7.24. The highest BCUT2D eigenvalue weighted by Crippen LogP contribution is 2.23. The van der Waals surface area contributed by atoms with Crippen molar-refractivity contribution in [2.45, 2.75) is 25.7 Å². The number of aliphatic carboxylic acids is 1. The van der Waals surface area contributed by atoms with Crippen LogP contribution in [0.5, 0.6) is 0 Å². The zero-order chi connectivity index (χ0) is 16.1. The van der Waals surface area contributed by atoms with E-state index in [1.807, 2.05) is 25.1 Å². The molecule has 0 bridgehead atoms. The molecule has 120 valence electrons. The summed E-state index contributed by atoms with van der Waals surface area (Å²) in [6.45, 7) is 1.34. The van der Waals surface area contributed by atoms with Gasteiger partial charge in [-0.05, 0) is 37.3 Å². The Morgan fingerprint density at radius 2 is 2.23 bits per heavy atom. The van der Waals surface area contributed by atoms with Crippen molar-refractivity contribution in [2.75, 3.05) is 32.1 Å². The van der Waals surface area contributed by atoms with Crippen molar-refractivity contribution < 1.29 is 14.7 Å². The van der Waals surface area contributed by atoms with Crippen LogP contribution >= 0.6 is 0 Å². The summed E-state index contributed by atoms with van der Waals surface area (Å²) in [5, 5.41) is 8.78. The highest BCUT2D eigenvalue weighted by molar-refractivity contribution is 5.93. The molecule has 1 aliphatic heterocycles. The normalized spacial score (nSPS) is 18.1. The number of anilines is 1. The Morgan fingerprint density at radius 1 is 1.45 bits per heavy atom. The minimum atomic E-state index is -0.774. The highest BCUT2D eigenvalue weighted by atomic mass is 16.4. The smallest absolute Gasteiger partial charge is 0.303 e. The standard InChI is InChI=1S/C16H23N3O3/c1-18(2)13-7-8-17-14(10-13)16(22)19-9-3-4-12(11-19)5-6-15(20)21/h7-8,10,12H,3-6,9,11H2,1-2H3,(H,20,21). The Balaban J connectivity index is 2.02. The Bertz CT molecular complexity index is 545. The first-order chi connectivity index (χ1) is 10.5. The predicted molar refractivity (Wildman–Crippen MR) is 84.1 cm³/mol. The third-order valence-electron chi connectivity index (χ3n) is 4.05. The summed E-state index contributed by atoms with van der Waals surface area (Å²) >= 11 is 0. The summed E-state index contributed by atoms with van der Waals surface area (Å²) in [6.07, 6.45) is 4.35. The van der Waals surface area contributed by atoms with Crippen molar-refractivity contribution in [3.63, 3.8) is 0 Å². The van der Waals surface area contributed by atoms with Crippen LogP contribution in [-0.4, -0.2) is 54.1 Å². The molecule has 0 aliphatic carbocycles. The number of carbonyl (C=O) groups is 2. The first-order valence-electron chi connectivity index (χ1n) is 7.62. The number of piperidine rings is 1. The van der Waals surface area contributed by atoms with Crippen molar-refractivity contribution in [1.29, 1.82) is 0 Å². The number of pyridine rings is 1. The van der Waals surface area contributed by atoms with E-state index in [0.717, 1.165) is 25.1 Å². The number of aromatic nitrogens is 1. The van der Waals surface area contributed by atoms with Crippen molar-refractivity contribution in [2.24, 2.45) is 5.92 Å². The van der Waals surface area contributed by atoms with Crippen molar-refractivity contribution in [3.8, 4) is 0 Å². The van der Waals surface area contributed by atoms with Crippen molar-refractivity contribution in [1.82, 2.24) is 9.88 Å². The lowest BCUT2D eigenvalue weighted by Crippen LogP contribution is -2.40. The summed E-state index contributed by atoms with van der Waals surface area (Å²) in [5.41, 5.74) is 1.39. The molecule has 1 aromatic rings. The SMILES string of the molecule is CN(C)c1ccnc(C(=O)N2CCCC(CCC(=O)O)C2)c1. The van der Waals surface area contributed by atoms with E-state index in [2.05, 4.69) is 4.98 Å². The van der Waals surface area contributed by atoms with E-state index >= 15 is 0 Å². The van der Waals surface area contributed by atoms with Gasteiger partial charge in [0.15, 0.2) is 0 Å². The molecule has 2 rings (SSSR count). The molecule has 1 unspecified atom stereocenters. The molecule has 1 saturated heterocycles. The Hall–Kier alpha value is -2.11. The zero-order valence-corrected chi connectivity index (χ0v) is 13.2. The van der Waals surface area contributed by atoms with Crippen LogP contribution in [0.25, 0.3) is 0 Å². The summed E-state index contributed by atoms with van der Waals surface area (Å²) in [6, 6.07) is 3.66. The molecule has 0 spiro atoms. The van der Waals surface area contributed by atoms with Gasteiger partial charge in [-0.2, -0.15) is 0 Å². The van der Waals surface area contributed by atoms with Gasteiger partial charge >= 0.3 is 5.97 Å². The lowest BCUT2D eigenvalue weighted by molar-refractivity contribution is -0.137. The molecular formula is C16H23N3O3. The molecule has 6 heteroatoms. The van der Waals surface area contributed by atoms with E-state index in [-0.39, 0.29) is 18.2 Å². The van der Waals surface area contributed by atoms with Crippen molar-refractivity contribution >= 4 is 17.6 Å². The second-order valence-corrected chi connectivity index (χ2v) is 5.99. The molecular weight excluding hydrogens is 282 g/mol. The average molecular weight is 305 g/mol. The molecule has 2 heterocycles. The van der Waals surface area contributed by atoms with Crippen LogP contribution in [0, 0.1) is 5.92 Å². The number of hydrogen-bond acceptors (Lipinski definition) is 4. The van der Waals surface area contributed by atoms with Gasteiger partial charge in [-0.1, -0.05) is 0 Å². The average Bonchev–Trinajstić information content (AvgIpc) is 2.52. The predicted octanol–water partition coefficient (Wildman–Crippen LogP) is 1.86. The quantitative estimate of drug-likeness (QED) is 0.899. The lowest BCUT2D eigenvalue weighted by Gasteiger charge is -2.32. The van der Waals surface area contributed by atoms with E-state index in [0.29, 0.717) is 18.7 Å². The molecule has 0 radical (unpaired) electrons. The van der Waals surface area contributed by atoms with Gasteiger partial charge in [-0.15, -0.1) is 0 Å². The second-order valence-electron chi connectivity index (χ2n) is 5.99. The fourth-order valence-corrected chi connectivity index (χ4v) is 2.79. The van der Waals surface area contributed by atoms with Crippen LogP contribution in [0.15, 0.2) is 18.3 Å². The molecule has 1 atom stereocenters. The summed E-state index contributed by atoms with van der Waals surface area (Å²) in [7, 11) is 3.85. The fraction of sp³-hybridized carbons (Fsp3) is 0.562. The molecule has 1 amide bonds. The molecule has 1 fully saturated rings. The minimum Gasteiger partial charge on any atom is -0.481 e. The summed E-state index contributed by atoms with van der Waals surface area (Å²) in [5.74, 6) is -0.571. The van der Waals surface area contributed by atoms with Crippen LogP contribution in [-0.2, 0) is 4.79 Å². The van der Waals surface area contributed by atoms with Gasteiger partial charge in [0.05, 0.1) is 0 Å². The van der Waals surface area contributed by atoms with Gasteiger partial charge in [0, 0.05) is 45.5 Å². The van der Waals surface area contributed by atoms with E-state index in [1.54, 1.807) is 17.2 Å². The molecule has 1 aliphatic rings. The zero-order valence-electron chi connectivity index (χ0n) is 13.2. The van der Waals surface area contributed by atoms with Gasteiger partial charge in [0.1, 0.15) is 5.69 Å². The van der Waals surface area contributed by atoms with Gasteiger partial charge in [-0.3, -0.25) is 14.6 Å². The Morgan fingerprint density at radius 3 is 2.91 bits per heavy atom. The van der Waals surface area contributed by atoms with Crippen LogP contribution in [0.2, 0.25) is 0 Å². The summed E-state index contributed by atoms with van der Waals surface area (Å²) < 4.78 is 0. The van der Waals surface area contributed by atoms with E-state index in [9.17, 15) is 9.59 Å². The first kappa shape index (κ1) is 16.3. The fourth-order valence-electron chi connectivity index (χ4n) is 2.79. The topological polar surface area (TPSA) is 73.7 Å². The van der Waals surface area contributed by atoms with Crippen LogP contribution < -0.4 is 4.90 Å². The number of nitrogens with zero attached hydrogens (tertiary/aromatic N) is 3. The minimum absolute atomic E-state index is 0.0660. The molecule has 0 aromatic carbocycles. The molecule has 22 heavy (non-hydrogen) atoms. The number of carboxylic acids is 1. The van der Waals surface area contributed by atoms with Gasteiger partial charge < -0.3 is 14.9 Å². The van der Waals surface area contributed by atoms with E-state index in [1.165, 1.54) is 0 Å². The maximum atomic E-state index is 12.6. The van der Waals surface area contributed by atoms with Gasteiger partial charge in [-0.25, -0.2) is 0 Å². The number of likely N-dealkylation sites (tertiary alicyclic amines) is 1. The van der Waals surface area contributed by atoms with Crippen LogP contribution in [0.3, 0.4) is 0 Å². The lowest BCUT2D eigenvalue weighted by atomic mass is 9.93. The largest absolute Gasteiger partial charge is 0.481 e. The van der Waals surface area contributed by atoms with Crippen LogP contribution in [0.4, 0.5) is 5.69 Å². The molecule has 1 aromatic heterocycles. The highest BCUT2D eigenvalue weighted by Gasteiger charge is 2.25. The molecule has 1 N–H and O–H groups in total. The molecule has 0 saturated carbocycles. The maximum Gasteiger partial charge on any atom is 0.303 e. The number of hydrogen-bond donors (Lipinski definition) is 1. The number of rotatable bonds is 5. The Kier molecular flexibility index (Phi) is 5.35. The van der Waals surface area contributed by atoms with E-state index < -0.39 is 5.97 Å². The number of carboxylic acid groups (broad SMARTS) is 1. The first-order valence-corrected chi connectivity index (χ1v) is 7.62. The maximum absolute atomic E-state index is 12.6. The van der Waals surface area contributed by atoms with Crippen LogP contribution in [0.1, 0.15) is 36.2 Å². The third kappa shape index (κ3) is 4.19. The number of amides is 1. The van der Waals surface area contributed by atoms with E-state index in [4.69, 9.17) is 5.11 Å². The number of carbonyl (C=O) groups excluding carboxylic acids is 1. The van der Waals surface area contributed by atoms with Gasteiger partial charge in [0.2, 0.25) is 0 Å². The molecule has 6 nitrogen and oxygen atoms in total.